The number of nitrogens with one attached hydrogen (secondary N) is 2. The fraction of sp³-hybridized carbons (Fsp3) is 0.261. The first-order valence-electron chi connectivity index (χ1n) is 10.2. The number of hydrogen-bond donors (Lipinski definition) is 2. The fourth-order valence-corrected chi connectivity index (χ4v) is 3.62. The number of piperidine rings is 1. The molecule has 1 aromatic heterocycles. The maximum Gasteiger partial charge on any atom is 0.227 e. The van der Waals surface area contributed by atoms with Crippen LogP contribution in [0.25, 0.3) is 0 Å². The van der Waals surface area contributed by atoms with Crippen LogP contribution in [-0.4, -0.2) is 29.0 Å². The summed E-state index contributed by atoms with van der Waals surface area (Å²) in [5.41, 5.74) is 1.05. The van der Waals surface area contributed by atoms with E-state index in [1.807, 2.05) is 4.90 Å². The summed E-state index contributed by atoms with van der Waals surface area (Å²) >= 11 is 0. The summed E-state index contributed by atoms with van der Waals surface area (Å²) in [4.78, 5) is 23.4. The Kier molecular flexibility index (Phi) is 6.35. The van der Waals surface area contributed by atoms with Crippen molar-refractivity contribution in [2.45, 2.75) is 19.4 Å². The number of hydrogen-bond acceptors (Lipinski definition) is 5. The Hall–Kier alpha value is -3.55. The van der Waals surface area contributed by atoms with Crippen molar-refractivity contribution in [3.8, 4) is 0 Å². The van der Waals surface area contributed by atoms with Gasteiger partial charge in [0.1, 0.15) is 17.5 Å². The van der Waals surface area contributed by atoms with Gasteiger partial charge in [-0.25, -0.2) is 13.8 Å². The van der Waals surface area contributed by atoms with Gasteiger partial charge in [0.05, 0.1) is 11.6 Å². The van der Waals surface area contributed by atoms with E-state index in [0.29, 0.717) is 24.0 Å². The summed E-state index contributed by atoms with van der Waals surface area (Å²) < 4.78 is 27.2. The second-order valence-corrected chi connectivity index (χ2v) is 7.48. The van der Waals surface area contributed by atoms with Crippen LogP contribution in [0.1, 0.15) is 18.4 Å². The van der Waals surface area contributed by atoms with Crippen LogP contribution in [0.5, 0.6) is 0 Å². The maximum absolute atomic E-state index is 13.9. The molecular formula is C23H23F2N5O. The largest absolute Gasteiger partial charge is 0.352 e. The molecule has 1 aliphatic heterocycles. The third-order valence-corrected chi connectivity index (χ3v) is 5.21. The van der Waals surface area contributed by atoms with Crippen LogP contribution in [0, 0.1) is 17.6 Å². The molecule has 4 rings (SSSR count). The van der Waals surface area contributed by atoms with E-state index in [9.17, 15) is 13.6 Å². The molecule has 31 heavy (non-hydrogen) atoms. The van der Waals surface area contributed by atoms with Crippen molar-refractivity contribution >= 4 is 23.4 Å². The molecule has 0 aliphatic carbocycles. The zero-order valence-electron chi connectivity index (χ0n) is 16.9. The third-order valence-electron chi connectivity index (χ3n) is 5.21. The SMILES string of the molecule is O=C(NCc1cccc(F)c1)C1CCCN(c2nccc(Nc3ccccc3F)n2)C1. The number of benzene rings is 2. The Balaban J connectivity index is 1.39. The third kappa shape index (κ3) is 5.33. The van der Waals surface area contributed by atoms with Crippen molar-refractivity contribution in [3.05, 3.63) is 78.0 Å². The Labute approximate surface area is 179 Å². The molecule has 1 amide bonds. The number of nitrogens with zero attached hydrogens (tertiary/aromatic N) is 3. The molecule has 1 atom stereocenters. The van der Waals surface area contributed by atoms with Gasteiger partial charge < -0.3 is 15.5 Å². The summed E-state index contributed by atoms with van der Waals surface area (Å²) in [6.07, 6.45) is 3.20. The van der Waals surface area contributed by atoms with Gasteiger partial charge in [-0.3, -0.25) is 4.79 Å². The van der Waals surface area contributed by atoms with Gasteiger partial charge in [-0.05, 0) is 48.7 Å². The number of rotatable bonds is 6. The molecule has 160 valence electrons. The molecule has 2 aromatic carbocycles. The molecule has 1 fully saturated rings. The van der Waals surface area contributed by atoms with Crippen molar-refractivity contribution in [2.75, 3.05) is 23.3 Å². The normalized spacial score (nSPS) is 16.1. The lowest BCUT2D eigenvalue weighted by Gasteiger charge is -2.32. The molecule has 1 aliphatic rings. The van der Waals surface area contributed by atoms with Gasteiger partial charge in [0, 0.05) is 25.8 Å². The molecular weight excluding hydrogens is 400 g/mol. The first kappa shape index (κ1) is 20.7. The van der Waals surface area contributed by atoms with Gasteiger partial charge in [-0.2, -0.15) is 4.98 Å². The molecule has 3 aromatic rings. The fourth-order valence-electron chi connectivity index (χ4n) is 3.62. The highest BCUT2D eigenvalue weighted by atomic mass is 19.1. The second-order valence-electron chi connectivity index (χ2n) is 7.48. The zero-order chi connectivity index (χ0) is 21.6. The summed E-state index contributed by atoms with van der Waals surface area (Å²) in [6, 6.07) is 14.2. The van der Waals surface area contributed by atoms with Gasteiger partial charge >= 0.3 is 0 Å². The van der Waals surface area contributed by atoms with E-state index in [2.05, 4.69) is 20.6 Å². The maximum atomic E-state index is 13.9. The molecule has 8 heteroatoms. The van der Waals surface area contributed by atoms with Crippen molar-refractivity contribution < 1.29 is 13.6 Å². The molecule has 0 saturated carbocycles. The average molecular weight is 423 g/mol. The van der Waals surface area contributed by atoms with E-state index < -0.39 is 0 Å². The zero-order valence-corrected chi connectivity index (χ0v) is 16.9. The standard InChI is InChI=1S/C23H23F2N5O/c24-18-7-3-5-16(13-18)14-27-22(31)17-6-4-12-30(15-17)23-26-11-10-21(29-23)28-20-9-2-1-8-19(20)25/h1-3,5,7-11,13,17H,4,6,12,14-15H2,(H,27,31)(H,26,28,29). The number of halogens is 2. The van der Waals surface area contributed by atoms with Crippen molar-refractivity contribution in [1.82, 2.24) is 15.3 Å². The van der Waals surface area contributed by atoms with E-state index in [0.717, 1.165) is 24.9 Å². The second kappa shape index (κ2) is 9.51. The lowest BCUT2D eigenvalue weighted by Crippen LogP contribution is -2.43. The van der Waals surface area contributed by atoms with E-state index in [1.165, 1.54) is 18.2 Å². The van der Waals surface area contributed by atoms with Gasteiger partial charge in [0.25, 0.3) is 0 Å². The average Bonchev–Trinajstić information content (AvgIpc) is 2.79. The topological polar surface area (TPSA) is 70.2 Å². The van der Waals surface area contributed by atoms with Crippen LogP contribution in [-0.2, 0) is 11.3 Å². The molecule has 1 saturated heterocycles. The highest BCUT2D eigenvalue weighted by Gasteiger charge is 2.27. The summed E-state index contributed by atoms with van der Waals surface area (Å²) in [5.74, 6) is -0.00674. The lowest BCUT2D eigenvalue weighted by molar-refractivity contribution is -0.125. The minimum absolute atomic E-state index is 0.0744. The van der Waals surface area contributed by atoms with Crippen molar-refractivity contribution in [1.29, 1.82) is 0 Å². The predicted molar refractivity (Wildman–Crippen MR) is 115 cm³/mol. The monoisotopic (exact) mass is 423 g/mol. The predicted octanol–water partition coefficient (Wildman–Crippen LogP) is 4.03. The first-order chi connectivity index (χ1) is 15.1. The van der Waals surface area contributed by atoms with E-state index in [4.69, 9.17) is 0 Å². The molecule has 1 unspecified atom stereocenters. The van der Waals surface area contributed by atoms with Crippen LogP contribution in [0.2, 0.25) is 0 Å². The summed E-state index contributed by atoms with van der Waals surface area (Å²) in [5, 5.41) is 5.86. The molecule has 0 bridgehead atoms. The number of carbonyl (C=O) groups is 1. The van der Waals surface area contributed by atoms with E-state index in [1.54, 1.807) is 42.6 Å². The van der Waals surface area contributed by atoms with Crippen LogP contribution in [0.4, 0.5) is 26.2 Å². The van der Waals surface area contributed by atoms with E-state index >= 15 is 0 Å². The number of para-hydroxylation sites is 1. The minimum Gasteiger partial charge on any atom is -0.352 e. The minimum atomic E-state index is -0.365. The Morgan fingerprint density at radius 2 is 2.00 bits per heavy atom. The van der Waals surface area contributed by atoms with Crippen LogP contribution < -0.4 is 15.5 Å². The Bertz CT molecular complexity index is 1060. The number of amides is 1. The van der Waals surface area contributed by atoms with Crippen LogP contribution in [0.3, 0.4) is 0 Å². The van der Waals surface area contributed by atoms with Crippen LogP contribution in [0.15, 0.2) is 60.8 Å². The summed E-state index contributed by atoms with van der Waals surface area (Å²) in [7, 11) is 0. The number of carbonyl (C=O) groups excluding carboxylic acids is 1. The Morgan fingerprint density at radius 1 is 1.13 bits per heavy atom. The lowest BCUT2D eigenvalue weighted by atomic mass is 9.97. The summed E-state index contributed by atoms with van der Waals surface area (Å²) in [6.45, 7) is 1.50. The van der Waals surface area contributed by atoms with Gasteiger partial charge in [0.2, 0.25) is 11.9 Å². The van der Waals surface area contributed by atoms with Crippen molar-refractivity contribution in [2.24, 2.45) is 5.92 Å². The van der Waals surface area contributed by atoms with Gasteiger partial charge in [0.15, 0.2) is 0 Å². The molecule has 2 N–H and O–H groups in total. The molecule has 0 radical (unpaired) electrons. The molecule has 6 nitrogen and oxygen atoms in total. The first-order valence-corrected chi connectivity index (χ1v) is 10.2. The van der Waals surface area contributed by atoms with Crippen LogP contribution >= 0.6 is 0 Å². The van der Waals surface area contributed by atoms with E-state index in [-0.39, 0.29) is 30.0 Å². The van der Waals surface area contributed by atoms with Gasteiger partial charge in [-0.15, -0.1) is 0 Å². The van der Waals surface area contributed by atoms with Gasteiger partial charge in [-0.1, -0.05) is 24.3 Å². The number of aromatic nitrogens is 2. The quantitative estimate of drug-likeness (QED) is 0.627. The smallest absolute Gasteiger partial charge is 0.227 e. The number of anilines is 3. The van der Waals surface area contributed by atoms with Crippen molar-refractivity contribution in [3.63, 3.8) is 0 Å². The Morgan fingerprint density at radius 3 is 2.84 bits per heavy atom. The molecule has 0 spiro atoms. The highest BCUT2D eigenvalue weighted by molar-refractivity contribution is 5.79. The molecule has 2 heterocycles. The highest BCUT2D eigenvalue weighted by Crippen LogP contribution is 2.23.